The van der Waals surface area contributed by atoms with Crippen molar-refractivity contribution in [2.45, 2.75) is 13.0 Å². The molecule has 0 saturated carbocycles. The smallest absolute Gasteiger partial charge is 0.238 e. The van der Waals surface area contributed by atoms with Crippen molar-refractivity contribution in [1.82, 2.24) is 5.32 Å². The molecular weight excluding hydrogens is 356 g/mol. The van der Waals surface area contributed by atoms with Gasteiger partial charge in [-0.2, -0.15) is 0 Å². The van der Waals surface area contributed by atoms with Gasteiger partial charge in [-0.3, -0.25) is 19.7 Å². The van der Waals surface area contributed by atoms with E-state index in [-0.39, 0.29) is 35.6 Å². The van der Waals surface area contributed by atoms with E-state index < -0.39 is 0 Å². The van der Waals surface area contributed by atoms with Crippen molar-refractivity contribution < 1.29 is 18.8 Å². The molecule has 1 atom stereocenters. The molecule has 4 rings (SSSR count). The standard InChI is InChI=1S/C22H18N2O4/c1-13(18-10-5-11-28-18)23-12-19(25)24-17-9-4-8-16-20(17)22(27)15-7-3-2-6-14(15)21(16)26/h2-11,13,23H,12H2,1H3,(H,24,25)/t13-/m0/s1. The molecule has 3 aromatic rings. The SMILES string of the molecule is C[C@H](NCC(=O)Nc1cccc2c1C(=O)c1ccccc1C2=O)c1ccco1. The Morgan fingerprint density at radius 2 is 1.64 bits per heavy atom. The highest BCUT2D eigenvalue weighted by Crippen LogP contribution is 2.31. The first-order chi connectivity index (χ1) is 13.6. The van der Waals surface area contributed by atoms with E-state index in [4.69, 9.17) is 4.42 Å². The Kier molecular flexibility index (Phi) is 4.63. The number of nitrogens with one attached hydrogen (secondary N) is 2. The molecule has 0 unspecified atom stereocenters. The highest BCUT2D eigenvalue weighted by Gasteiger charge is 2.31. The third-order valence-electron chi connectivity index (χ3n) is 4.77. The number of ketones is 2. The van der Waals surface area contributed by atoms with E-state index in [0.717, 1.165) is 5.76 Å². The molecular formula is C22H18N2O4. The molecule has 0 bridgehead atoms. The minimum Gasteiger partial charge on any atom is -0.468 e. The summed E-state index contributed by atoms with van der Waals surface area (Å²) in [6.45, 7) is 1.92. The van der Waals surface area contributed by atoms with Crippen molar-refractivity contribution in [3.8, 4) is 0 Å². The molecule has 0 saturated heterocycles. The minimum absolute atomic E-state index is 0.0320. The molecule has 28 heavy (non-hydrogen) atoms. The van der Waals surface area contributed by atoms with Crippen LogP contribution in [0.4, 0.5) is 5.69 Å². The molecule has 1 aromatic heterocycles. The first-order valence-corrected chi connectivity index (χ1v) is 8.94. The largest absolute Gasteiger partial charge is 0.468 e. The highest BCUT2D eigenvalue weighted by atomic mass is 16.3. The molecule has 0 aliphatic heterocycles. The maximum absolute atomic E-state index is 12.9. The first-order valence-electron chi connectivity index (χ1n) is 8.94. The lowest BCUT2D eigenvalue weighted by Gasteiger charge is -2.20. The van der Waals surface area contributed by atoms with Gasteiger partial charge in [0.2, 0.25) is 5.91 Å². The van der Waals surface area contributed by atoms with Crippen molar-refractivity contribution in [3.63, 3.8) is 0 Å². The van der Waals surface area contributed by atoms with E-state index in [9.17, 15) is 14.4 Å². The second-order valence-corrected chi connectivity index (χ2v) is 6.60. The summed E-state index contributed by atoms with van der Waals surface area (Å²) in [5.74, 6) is -0.0722. The average molecular weight is 374 g/mol. The highest BCUT2D eigenvalue weighted by molar-refractivity contribution is 6.30. The Bertz CT molecular complexity index is 1070. The van der Waals surface area contributed by atoms with E-state index in [1.54, 1.807) is 54.8 Å². The minimum atomic E-state index is -0.314. The molecule has 6 nitrogen and oxygen atoms in total. The Balaban J connectivity index is 1.54. The Hall–Kier alpha value is -3.51. The number of benzene rings is 2. The van der Waals surface area contributed by atoms with Gasteiger partial charge in [-0.15, -0.1) is 0 Å². The van der Waals surface area contributed by atoms with Crippen LogP contribution in [0.1, 0.15) is 50.6 Å². The van der Waals surface area contributed by atoms with Crippen LogP contribution in [-0.4, -0.2) is 24.0 Å². The number of amides is 1. The molecule has 1 aliphatic rings. The third-order valence-corrected chi connectivity index (χ3v) is 4.77. The van der Waals surface area contributed by atoms with Crippen LogP contribution in [0.25, 0.3) is 0 Å². The number of hydrogen-bond donors (Lipinski definition) is 2. The molecule has 6 heteroatoms. The summed E-state index contributed by atoms with van der Waals surface area (Å²) >= 11 is 0. The fraction of sp³-hybridized carbons (Fsp3) is 0.136. The van der Waals surface area contributed by atoms with Crippen LogP contribution in [0.5, 0.6) is 0 Å². The molecule has 140 valence electrons. The van der Waals surface area contributed by atoms with Crippen LogP contribution in [0.3, 0.4) is 0 Å². The Morgan fingerprint density at radius 3 is 2.36 bits per heavy atom. The topological polar surface area (TPSA) is 88.4 Å². The van der Waals surface area contributed by atoms with Crippen molar-refractivity contribution >= 4 is 23.2 Å². The summed E-state index contributed by atoms with van der Waals surface area (Å²) in [5, 5.41) is 5.81. The lowest BCUT2D eigenvalue weighted by atomic mass is 9.83. The van der Waals surface area contributed by atoms with Gasteiger partial charge >= 0.3 is 0 Å². The maximum Gasteiger partial charge on any atom is 0.238 e. The number of carbonyl (C=O) groups is 3. The summed E-state index contributed by atoms with van der Waals surface area (Å²) in [6.07, 6.45) is 1.57. The van der Waals surface area contributed by atoms with Crippen molar-refractivity contribution in [1.29, 1.82) is 0 Å². The zero-order valence-corrected chi connectivity index (χ0v) is 15.2. The molecule has 0 spiro atoms. The normalized spacial score (nSPS) is 13.6. The molecule has 0 radical (unpaired) electrons. The van der Waals surface area contributed by atoms with Crippen LogP contribution in [0, 0.1) is 0 Å². The summed E-state index contributed by atoms with van der Waals surface area (Å²) < 4.78 is 5.30. The van der Waals surface area contributed by atoms with E-state index in [0.29, 0.717) is 22.4 Å². The maximum atomic E-state index is 12.9. The van der Waals surface area contributed by atoms with Crippen LogP contribution in [0.2, 0.25) is 0 Å². The van der Waals surface area contributed by atoms with E-state index in [1.165, 1.54) is 0 Å². The van der Waals surface area contributed by atoms with Gasteiger partial charge in [0.05, 0.1) is 30.1 Å². The predicted octanol–water partition coefficient (Wildman–Crippen LogP) is 3.34. The average Bonchev–Trinajstić information content (AvgIpc) is 3.25. The van der Waals surface area contributed by atoms with Gasteiger partial charge in [0.1, 0.15) is 5.76 Å². The van der Waals surface area contributed by atoms with Crippen LogP contribution in [0.15, 0.2) is 65.3 Å². The molecule has 1 aliphatic carbocycles. The van der Waals surface area contributed by atoms with Crippen LogP contribution >= 0.6 is 0 Å². The molecule has 0 fully saturated rings. The second-order valence-electron chi connectivity index (χ2n) is 6.60. The van der Waals surface area contributed by atoms with Gasteiger partial charge in [0, 0.05) is 16.7 Å². The fourth-order valence-electron chi connectivity index (χ4n) is 3.33. The number of furan rings is 1. The van der Waals surface area contributed by atoms with Crippen LogP contribution < -0.4 is 10.6 Å². The summed E-state index contributed by atoms with van der Waals surface area (Å²) in [4.78, 5) is 38.1. The van der Waals surface area contributed by atoms with Gasteiger partial charge in [-0.1, -0.05) is 36.4 Å². The van der Waals surface area contributed by atoms with Crippen molar-refractivity contribution in [2.24, 2.45) is 0 Å². The van der Waals surface area contributed by atoms with Gasteiger partial charge in [0.25, 0.3) is 0 Å². The summed E-state index contributed by atoms with van der Waals surface area (Å²) in [7, 11) is 0. The van der Waals surface area contributed by atoms with E-state index >= 15 is 0 Å². The predicted molar refractivity (Wildman–Crippen MR) is 104 cm³/mol. The molecule has 1 amide bonds. The number of carbonyl (C=O) groups excluding carboxylic acids is 3. The van der Waals surface area contributed by atoms with Crippen LogP contribution in [-0.2, 0) is 4.79 Å². The zero-order valence-electron chi connectivity index (χ0n) is 15.2. The Morgan fingerprint density at radius 1 is 0.929 bits per heavy atom. The second kappa shape index (κ2) is 7.25. The van der Waals surface area contributed by atoms with Gasteiger partial charge in [-0.05, 0) is 25.1 Å². The fourth-order valence-corrected chi connectivity index (χ4v) is 3.33. The molecule has 2 N–H and O–H groups in total. The Labute approximate surface area is 161 Å². The zero-order chi connectivity index (χ0) is 19.7. The summed E-state index contributed by atoms with van der Waals surface area (Å²) in [5.41, 5.74) is 1.61. The molecule has 2 aromatic carbocycles. The van der Waals surface area contributed by atoms with E-state index in [2.05, 4.69) is 10.6 Å². The van der Waals surface area contributed by atoms with E-state index in [1.807, 2.05) is 13.0 Å². The third kappa shape index (κ3) is 3.14. The lowest BCUT2D eigenvalue weighted by molar-refractivity contribution is -0.115. The number of hydrogen-bond acceptors (Lipinski definition) is 5. The lowest BCUT2D eigenvalue weighted by Crippen LogP contribution is -2.31. The molecule has 1 heterocycles. The van der Waals surface area contributed by atoms with Gasteiger partial charge in [0.15, 0.2) is 11.6 Å². The monoisotopic (exact) mass is 374 g/mol. The van der Waals surface area contributed by atoms with Crippen molar-refractivity contribution in [3.05, 3.63) is 88.9 Å². The number of anilines is 1. The van der Waals surface area contributed by atoms with Gasteiger partial charge in [-0.25, -0.2) is 0 Å². The first kappa shape index (κ1) is 17.9. The quantitative estimate of drug-likeness (QED) is 0.559. The summed E-state index contributed by atoms with van der Waals surface area (Å²) in [6, 6.07) is 15.1. The van der Waals surface area contributed by atoms with Crippen molar-refractivity contribution in [2.75, 3.05) is 11.9 Å². The number of fused-ring (bicyclic) bond motifs is 2. The number of rotatable bonds is 5. The van der Waals surface area contributed by atoms with Gasteiger partial charge < -0.3 is 9.73 Å².